The average Bonchev–Trinajstić information content (AvgIpc) is 3.39. The summed E-state index contributed by atoms with van der Waals surface area (Å²) in [6.07, 6.45) is 3.78. The summed E-state index contributed by atoms with van der Waals surface area (Å²) in [6.45, 7) is 1.25. The van der Waals surface area contributed by atoms with Crippen LogP contribution in [0.3, 0.4) is 0 Å². The van der Waals surface area contributed by atoms with Gasteiger partial charge in [0.25, 0.3) is 5.91 Å². The lowest BCUT2D eigenvalue weighted by Gasteiger charge is -2.27. The van der Waals surface area contributed by atoms with Crippen LogP contribution < -0.4 is 5.32 Å². The first-order chi connectivity index (χ1) is 12.1. The summed E-state index contributed by atoms with van der Waals surface area (Å²) in [7, 11) is 1.89. The van der Waals surface area contributed by atoms with E-state index in [9.17, 15) is 9.59 Å². The maximum atomic E-state index is 12.4. The number of aromatic nitrogens is 2. The molecule has 130 valence electrons. The number of fused-ring (bicyclic) bond motifs is 1. The number of rotatable bonds is 4. The number of nitrogens with one attached hydrogen (secondary N) is 1. The Hall–Kier alpha value is -2.63. The van der Waals surface area contributed by atoms with E-state index >= 15 is 0 Å². The van der Waals surface area contributed by atoms with Crippen molar-refractivity contribution in [3.63, 3.8) is 0 Å². The molecule has 25 heavy (non-hydrogen) atoms. The molecular formula is C19H22N4O2. The zero-order chi connectivity index (χ0) is 17.4. The molecule has 1 N–H and O–H groups in total. The molecule has 0 atom stereocenters. The molecule has 4 rings (SSSR count). The first kappa shape index (κ1) is 15.9. The van der Waals surface area contributed by atoms with Gasteiger partial charge in [-0.1, -0.05) is 18.2 Å². The summed E-state index contributed by atoms with van der Waals surface area (Å²) >= 11 is 0. The second-order valence-corrected chi connectivity index (χ2v) is 6.93. The summed E-state index contributed by atoms with van der Waals surface area (Å²) in [4.78, 5) is 26.8. The third-order valence-electron chi connectivity index (χ3n) is 5.02. The van der Waals surface area contributed by atoms with Crippen LogP contribution in [-0.4, -0.2) is 33.0 Å². The van der Waals surface area contributed by atoms with Gasteiger partial charge in [0.2, 0.25) is 5.91 Å². The van der Waals surface area contributed by atoms with Crippen LogP contribution in [0.5, 0.6) is 0 Å². The molecule has 1 aliphatic heterocycles. The Labute approximate surface area is 146 Å². The highest BCUT2D eigenvalue weighted by Crippen LogP contribution is 2.34. The second-order valence-electron chi connectivity index (χ2n) is 6.93. The number of hydrogen-bond acceptors (Lipinski definition) is 3. The molecule has 2 amide bonds. The van der Waals surface area contributed by atoms with Gasteiger partial charge in [0.05, 0.1) is 6.54 Å². The molecule has 0 spiro atoms. The normalized spacial score (nSPS) is 16.4. The van der Waals surface area contributed by atoms with Gasteiger partial charge < -0.3 is 10.2 Å². The van der Waals surface area contributed by atoms with Crippen molar-refractivity contribution >= 4 is 17.6 Å². The zero-order valence-electron chi connectivity index (χ0n) is 14.4. The highest BCUT2D eigenvalue weighted by atomic mass is 16.2. The van der Waals surface area contributed by atoms with E-state index in [1.54, 1.807) is 12.1 Å². The SMILES string of the molecule is Cn1nc(NC(=O)c2ccccc2)c2c1CCN(C(=O)CC1CC1)C2. The number of nitrogens with zero attached hydrogens (tertiary/aromatic N) is 3. The van der Waals surface area contributed by atoms with Crippen LogP contribution in [0.1, 0.15) is 40.9 Å². The van der Waals surface area contributed by atoms with Gasteiger partial charge in [0, 0.05) is 43.3 Å². The topological polar surface area (TPSA) is 67.2 Å². The monoisotopic (exact) mass is 338 g/mol. The van der Waals surface area contributed by atoms with Gasteiger partial charge in [-0.2, -0.15) is 5.10 Å². The van der Waals surface area contributed by atoms with Crippen molar-refractivity contribution in [1.29, 1.82) is 0 Å². The first-order valence-electron chi connectivity index (χ1n) is 8.80. The van der Waals surface area contributed by atoms with Gasteiger partial charge in [-0.05, 0) is 30.9 Å². The highest BCUT2D eigenvalue weighted by Gasteiger charge is 2.31. The Bertz CT molecular complexity index is 808. The summed E-state index contributed by atoms with van der Waals surface area (Å²) in [5.74, 6) is 1.19. The smallest absolute Gasteiger partial charge is 0.256 e. The molecule has 1 aromatic carbocycles. The number of anilines is 1. The minimum absolute atomic E-state index is 0.178. The van der Waals surface area contributed by atoms with E-state index < -0.39 is 0 Å². The lowest BCUT2D eigenvalue weighted by Crippen LogP contribution is -2.36. The van der Waals surface area contributed by atoms with Crippen molar-refractivity contribution in [3.05, 3.63) is 47.2 Å². The highest BCUT2D eigenvalue weighted by molar-refractivity contribution is 6.04. The van der Waals surface area contributed by atoms with Gasteiger partial charge in [-0.25, -0.2) is 0 Å². The van der Waals surface area contributed by atoms with Crippen molar-refractivity contribution in [3.8, 4) is 0 Å². The number of carbonyl (C=O) groups is 2. The van der Waals surface area contributed by atoms with Gasteiger partial charge in [0.1, 0.15) is 0 Å². The molecule has 0 unspecified atom stereocenters. The molecular weight excluding hydrogens is 316 g/mol. The van der Waals surface area contributed by atoms with Crippen LogP contribution in [-0.2, 0) is 24.8 Å². The van der Waals surface area contributed by atoms with Gasteiger partial charge in [0.15, 0.2) is 5.82 Å². The summed E-state index contributed by atoms with van der Waals surface area (Å²) in [5.41, 5.74) is 2.65. The maximum Gasteiger partial charge on any atom is 0.256 e. The second kappa shape index (κ2) is 6.35. The van der Waals surface area contributed by atoms with Crippen LogP contribution in [0.4, 0.5) is 5.82 Å². The predicted octanol–water partition coefficient (Wildman–Crippen LogP) is 2.36. The molecule has 2 aromatic rings. The quantitative estimate of drug-likeness (QED) is 0.930. The Morgan fingerprint density at radius 1 is 1.24 bits per heavy atom. The molecule has 1 fully saturated rings. The molecule has 1 aromatic heterocycles. The minimum Gasteiger partial charge on any atom is -0.338 e. The molecule has 6 heteroatoms. The molecule has 2 heterocycles. The molecule has 0 radical (unpaired) electrons. The third kappa shape index (κ3) is 3.29. The summed E-state index contributed by atoms with van der Waals surface area (Å²) < 4.78 is 1.82. The van der Waals surface area contributed by atoms with Gasteiger partial charge in [-0.15, -0.1) is 0 Å². The maximum absolute atomic E-state index is 12.4. The Kier molecular flexibility index (Phi) is 4.03. The Morgan fingerprint density at radius 2 is 2.00 bits per heavy atom. The first-order valence-corrected chi connectivity index (χ1v) is 8.80. The van der Waals surface area contributed by atoms with E-state index in [4.69, 9.17) is 0 Å². The number of carbonyl (C=O) groups excluding carboxylic acids is 2. The average molecular weight is 338 g/mol. The van der Waals surface area contributed by atoms with Crippen LogP contribution in [0.15, 0.2) is 30.3 Å². The van der Waals surface area contributed by atoms with E-state index in [-0.39, 0.29) is 11.8 Å². The zero-order valence-corrected chi connectivity index (χ0v) is 14.4. The van der Waals surface area contributed by atoms with Crippen molar-refractivity contribution in [2.24, 2.45) is 13.0 Å². The Balaban J connectivity index is 1.52. The standard InChI is InChI=1S/C19H22N4O2/c1-22-16-9-10-23(17(24)11-13-7-8-13)12-15(16)18(21-22)20-19(25)14-5-3-2-4-6-14/h2-6,13H,7-12H2,1H3,(H,20,21,25). The van der Waals surface area contributed by atoms with E-state index in [0.717, 1.165) is 24.2 Å². The minimum atomic E-state index is -0.178. The van der Waals surface area contributed by atoms with Gasteiger partial charge >= 0.3 is 0 Å². The number of hydrogen-bond donors (Lipinski definition) is 1. The van der Waals surface area contributed by atoms with Crippen LogP contribution >= 0.6 is 0 Å². The molecule has 2 aliphatic rings. The molecule has 0 bridgehead atoms. The fraction of sp³-hybridized carbons (Fsp3) is 0.421. The Morgan fingerprint density at radius 3 is 2.72 bits per heavy atom. The number of aryl methyl sites for hydroxylation is 1. The van der Waals surface area contributed by atoms with Crippen LogP contribution in [0.25, 0.3) is 0 Å². The van der Waals surface area contributed by atoms with Crippen molar-refractivity contribution in [2.75, 3.05) is 11.9 Å². The fourth-order valence-electron chi connectivity index (χ4n) is 3.37. The van der Waals surface area contributed by atoms with Crippen LogP contribution in [0.2, 0.25) is 0 Å². The van der Waals surface area contributed by atoms with Crippen molar-refractivity contribution in [1.82, 2.24) is 14.7 Å². The number of benzene rings is 1. The predicted molar refractivity (Wildman–Crippen MR) is 94.1 cm³/mol. The van der Waals surface area contributed by atoms with E-state index in [2.05, 4.69) is 10.4 Å². The number of amides is 2. The van der Waals surface area contributed by atoms with E-state index in [1.807, 2.05) is 34.8 Å². The van der Waals surface area contributed by atoms with Crippen molar-refractivity contribution in [2.45, 2.75) is 32.2 Å². The molecule has 0 saturated heterocycles. The van der Waals surface area contributed by atoms with Gasteiger partial charge in [-0.3, -0.25) is 14.3 Å². The van der Waals surface area contributed by atoms with Crippen molar-refractivity contribution < 1.29 is 9.59 Å². The van der Waals surface area contributed by atoms with Crippen LogP contribution in [0, 0.1) is 5.92 Å². The van der Waals surface area contributed by atoms with E-state index in [1.165, 1.54) is 12.8 Å². The molecule has 1 aliphatic carbocycles. The largest absolute Gasteiger partial charge is 0.338 e. The summed E-state index contributed by atoms with van der Waals surface area (Å²) in [5, 5.41) is 7.38. The molecule has 6 nitrogen and oxygen atoms in total. The summed E-state index contributed by atoms with van der Waals surface area (Å²) in [6, 6.07) is 9.09. The lowest BCUT2D eigenvalue weighted by atomic mass is 10.1. The third-order valence-corrected chi connectivity index (χ3v) is 5.02. The fourth-order valence-corrected chi connectivity index (χ4v) is 3.37. The van der Waals surface area contributed by atoms with E-state index in [0.29, 0.717) is 30.3 Å². The lowest BCUT2D eigenvalue weighted by molar-refractivity contribution is -0.132. The molecule has 1 saturated carbocycles.